The third kappa shape index (κ3) is 6.80. The van der Waals surface area contributed by atoms with Crippen molar-refractivity contribution in [3.8, 4) is 0 Å². The number of aromatic nitrogens is 2. The molecule has 0 aliphatic heterocycles. The van der Waals surface area contributed by atoms with Crippen LogP contribution < -0.4 is 10.0 Å². The maximum Gasteiger partial charge on any atom is 0.240 e. The minimum atomic E-state index is -3.89. The zero-order valence-corrected chi connectivity index (χ0v) is 23.1. The van der Waals surface area contributed by atoms with Gasteiger partial charge in [0.1, 0.15) is 0 Å². The first-order valence-electron chi connectivity index (χ1n) is 12.8. The summed E-state index contributed by atoms with van der Waals surface area (Å²) in [6.07, 6.45) is 12.0. The Balaban J connectivity index is 1.45. The van der Waals surface area contributed by atoms with E-state index in [9.17, 15) is 16.8 Å². The minimum absolute atomic E-state index is 0.0317. The predicted octanol–water partition coefficient (Wildman–Crippen LogP) is 4.77. The highest BCUT2D eigenvalue weighted by molar-refractivity contribution is 7.91. The van der Waals surface area contributed by atoms with Gasteiger partial charge in [-0.15, -0.1) is 0 Å². The number of nitrogens with zero attached hydrogens (tertiary/aromatic N) is 2. The monoisotopic (exact) mass is 544 g/mol. The van der Waals surface area contributed by atoms with Crippen molar-refractivity contribution in [2.75, 3.05) is 11.9 Å². The first-order valence-corrected chi connectivity index (χ1v) is 15.8. The highest BCUT2D eigenvalue weighted by Gasteiger charge is 2.24. The Morgan fingerprint density at radius 1 is 1.00 bits per heavy atom. The van der Waals surface area contributed by atoms with Crippen LogP contribution in [0, 0.1) is 12.8 Å². The summed E-state index contributed by atoms with van der Waals surface area (Å²) in [5, 5.41) is 3.51. The molecule has 8 nitrogen and oxygen atoms in total. The lowest BCUT2D eigenvalue weighted by Gasteiger charge is -2.29. The van der Waals surface area contributed by atoms with Gasteiger partial charge in [-0.2, -0.15) is 0 Å². The molecule has 0 saturated heterocycles. The van der Waals surface area contributed by atoms with E-state index in [1.807, 2.05) is 10.8 Å². The summed E-state index contributed by atoms with van der Waals surface area (Å²) in [7, 11) is -7.77. The lowest BCUT2D eigenvalue weighted by molar-refractivity contribution is 0.328. The van der Waals surface area contributed by atoms with Crippen molar-refractivity contribution in [2.24, 2.45) is 5.92 Å². The molecule has 1 aliphatic rings. The first-order chi connectivity index (χ1) is 17.7. The van der Waals surface area contributed by atoms with Gasteiger partial charge in [-0.3, -0.25) is 0 Å². The molecule has 1 fully saturated rings. The fourth-order valence-electron chi connectivity index (χ4n) is 4.88. The molecule has 0 radical (unpaired) electrons. The van der Waals surface area contributed by atoms with Crippen LogP contribution in [-0.4, -0.2) is 39.0 Å². The van der Waals surface area contributed by atoms with Gasteiger partial charge in [0.2, 0.25) is 19.9 Å². The molecule has 200 valence electrons. The van der Waals surface area contributed by atoms with Crippen LogP contribution >= 0.6 is 0 Å². The SMILES string of the molecule is Cc1ccc(S(=O)(=O)c2ccc(N[C@H](C)C3CCCCC3)cc2)cc1S(=O)(=O)NCCCn1ccnc1. The fraction of sp³-hybridized carbons (Fsp3) is 0.444. The van der Waals surface area contributed by atoms with Crippen molar-refractivity contribution in [2.45, 2.75) is 79.6 Å². The molecule has 37 heavy (non-hydrogen) atoms. The molecule has 3 aromatic rings. The van der Waals surface area contributed by atoms with E-state index in [1.54, 1.807) is 43.7 Å². The summed E-state index contributed by atoms with van der Waals surface area (Å²) in [6.45, 7) is 4.69. The Bertz CT molecular complexity index is 1380. The van der Waals surface area contributed by atoms with E-state index in [0.717, 1.165) is 5.69 Å². The number of anilines is 1. The number of benzene rings is 2. The van der Waals surface area contributed by atoms with Crippen molar-refractivity contribution in [1.29, 1.82) is 0 Å². The van der Waals surface area contributed by atoms with Gasteiger partial charge in [-0.25, -0.2) is 26.5 Å². The van der Waals surface area contributed by atoms with Crippen LogP contribution in [-0.2, 0) is 26.4 Å². The molecule has 2 aromatic carbocycles. The smallest absolute Gasteiger partial charge is 0.240 e. The second-order valence-electron chi connectivity index (χ2n) is 9.84. The Hall–Kier alpha value is -2.69. The van der Waals surface area contributed by atoms with E-state index in [-0.39, 0.29) is 21.2 Å². The van der Waals surface area contributed by atoms with Crippen LogP contribution in [0.15, 0.2) is 75.9 Å². The fourth-order valence-corrected chi connectivity index (χ4v) is 7.59. The second-order valence-corrected chi connectivity index (χ2v) is 13.5. The van der Waals surface area contributed by atoms with Crippen LogP contribution in [0.2, 0.25) is 0 Å². The zero-order valence-electron chi connectivity index (χ0n) is 21.4. The molecule has 0 spiro atoms. The van der Waals surface area contributed by atoms with E-state index in [1.165, 1.54) is 50.3 Å². The van der Waals surface area contributed by atoms with Crippen molar-refractivity contribution in [3.63, 3.8) is 0 Å². The van der Waals surface area contributed by atoms with Crippen LogP contribution in [0.5, 0.6) is 0 Å². The van der Waals surface area contributed by atoms with E-state index in [0.29, 0.717) is 30.5 Å². The summed E-state index contributed by atoms with van der Waals surface area (Å²) < 4.78 is 57.1. The minimum Gasteiger partial charge on any atom is -0.382 e. The number of sulfonamides is 1. The average Bonchev–Trinajstić information content (AvgIpc) is 3.41. The van der Waals surface area contributed by atoms with E-state index >= 15 is 0 Å². The summed E-state index contributed by atoms with van der Waals surface area (Å²) in [6, 6.07) is 11.3. The summed E-state index contributed by atoms with van der Waals surface area (Å²) in [5.41, 5.74) is 1.36. The normalized spacial score (nSPS) is 15.9. The van der Waals surface area contributed by atoms with Crippen molar-refractivity contribution in [3.05, 3.63) is 66.7 Å². The Labute approximate surface area is 220 Å². The molecule has 4 rings (SSSR count). The number of sulfone groups is 1. The van der Waals surface area contributed by atoms with E-state index in [4.69, 9.17) is 0 Å². The lowest BCUT2D eigenvalue weighted by Crippen LogP contribution is -2.27. The summed E-state index contributed by atoms with van der Waals surface area (Å²) in [5.74, 6) is 0.629. The molecule has 0 unspecified atom stereocenters. The standard InChI is InChI=1S/C27H36N4O4S2/c1-21-9-12-26(19-27(21)37(34,35)29-15-6-17-31-18-16-28-20-31)36(32,33)25-13-10-24(11-14-25)30-22(2)23-7-4-3-5-8-23/h9-14,16,18-20,22-23,29-30H,3-8,15,17H2,1-2H3/t22-/m1/s1. The maximum absolute atomic E-state index is 13.4. The molecule has 10 heteroatoms. The van der Waals surface area contributed by atoms with Gasteiger partial charge < -0.3 is 9.88 Å². The molecule has 0 amide bonds. The topological polar surface area (TPSA) is 110 Å². The third-order valence-electron chi connectivity index (χ3n) is 7.12. The van der Waals surface area contributed by atoms with Gasteiger partial charge in [0.05, 0.1) is 21.0 Å². The molecule has 1 atom stereocenters. The van der Waals surface area contributed by atoms with Gasteiger partial charge >= 0.3 is 0 Å². The summed E-state index contributed by atoms with van der Waals surface area (Å²) in [4.78, 5) is 4.02. The molecular formula is C27H36N4O4S2. The number of nitrogens with one attached hydrogen (secondary N) is 2. The molecule has 1 saturated carbocycles. The number of rotatable bonds is 11. The molecule has 2 N–H and O–H groups in total. The number of hydrogen-bond donors (Lipinski definition) is 2. The van der Waals surface area contributed by atoms with Gasteiger partial charge in [-0.05, 0) is 81.0 Å². The van der Waals surface area contributed by atoms with Gasteiger partial charge in [0.25, 0.3) is 0 Å². The van der Waals surface area contributed by atoms with Crippen molar-refractivity contribution < 1.29 is 16.8 Å². The molecular weight excluding hydrogens is 508 g/mol. The number of hydrogen-bond acceptors (Lipinski definition) is 6. The highest BCUT2D eigenvalue weighted by atomic mass is 32.2. The average molecular weight is 545 g/mol. The van der Waals surface area contributed by atoms with Crippen LogP contribution in [0.25, 0.3) is 0 Å². The maximum atomic E-state index is 13.4. The zero-order chi connectivity index (χ0) is 26.5. The predicted molar refractivity (Wildman–Crippen MR) is 145 cm³/mol. The second kappa shape index (κ2) is 11.8. The van der Waals surface area contributed by atoms with Crippen LogP contribution in [0.1, 0.15) is 51.0 Å². The van der Waals surface area contributed by atoms with Gasteiger partial charge in [0, 0.05) is 37.2 Å². The van der Waals surface area contributed by atoms with Crippen LogP contribution in [0.4, 0.5) is 5.69 Å². The van der Waals surface area contributed by atoms with Crippen molar-refractivity contribution >= 4 is 25.5 Å². The Morgan fingerprint density at radius 2 is 1.70 bits per heavy atom. The molecule has 1 aromatic heterocycles. The Kier molecular flexibility index (Phi) is 8.71. The van der Waals surface area contributed by atoms with Gasteiger partial charge in [0.15, 0.2) is 0 Å². The largest absolute Gasteiger partial charge is 0.382 e. The molecule has 1 heterocycles. The molecule has 1 aliphatic carbocycles. The highest BCUT2D eigenvalue weighted by Crippen LogP contribution is 2.29. The number of aryl methyl sites for hydroxylation is 2. The lowest BCUT2D eigenvalue weighted by atomic mass is 9.84. The van der Waals surface area contributed by atoms with E-state index < -0.39 is 19.9 Å². The molecule has 0 bridgehead atoms. The van der Waals surface area contributed by atoms with Crippen LogP contribution in [0.3, 0.4) is 0 Å². The van der Waals surface area contributed by atoms with E-state index in [2.05, 4.69) is 21.9 Å². The Morgan fingerprint density at radius 3 is 2.38 bits per heavy atom. The first kappa shape index (κ1) is 27.3. The van der Waals surface area contributed by atoms with Gasteiger partial charge in [-0.1, -0.05) is 25.3 Å². The third-order valence-corrected chi connectivity index (χ3v) is 10.5. The number of imidazole rings is 1. The summed E-state index contributed by atoms with van der Waals surface area (Å²) >= 11 is 0. The van der Waals surface area contributed by atoms with Crippen molar-refractivity contribution in [1.82, 2.24) is 14.3 Å². The quantitative estimate of drug-likeness (QED) is 0.337.